The van der Waals surface area contributed by atoms with E-state index in [2.05, 4.69) is 172 Å². The van der Waals surface area contributed by atoms with Gasteiger partial charge in [-0.1, -0.05) is 143 Å². The summed E-state index contributed by atoms with van der Waals surface area (Å²) in [4.78, 5) is 0. The summed E-state index contributed by atoms with van der Waals surface area (Å²) in [5, 5.41) is 9.66. The number of aromatic nitrogens is 2. The highest BCUT2D eigenvalue weighted by Crippen LogP contribution is 2.39. The molecule has 4 nitrogen and oxygen atoms in total. The quantitative estimate of drug-likeness (QED) is 0.190. The van der Waals surface area contributed by atoms with Crippen molar-refractivity contribution in [2.75, 3.05) is 0 Å². The van der Waals surface area contributed by atoms with Crippen LogP contribution in [-0.2, 0) is 19.9 Å². The van der Waals surface area contributed by atoms with E-state index in [0.29, 0.717) is 0 Å². The van der Waals surface area contributed by atoms with Crippen molar-refractivity contribution in [1.29, 1.82) is 0 Å². The van der Waals surface area contributed by atoms with E-state index >= 15 is 0 Å². The van der Waals surface area contributed by atoms with Gasteiger partial charge in [-0.2, -0.15) is 0 Å². The summed E-state index contributed by atoms with van der Waals surface area (Å²) >= 11 is 0. The van der Waals surface area contributed by atoms with Gasteiger partial charge in [-0.05, 0) is 96.6 Å². The summed E-state index contributed by atoms with van der Waals surface area (Å²) in [7, 11) is 2.21. The van der Waals surface area contributed by atoms with E-state index in [4.69, 9.17) is 0 Å². The Hall–Kier alpha value is -5.84. The second-order valence-electron chi connectivity index (χ2n) is 13.7. The molecule has 2 aliphatic carbocycles. The van der Waals surface area contributed by atoms with Crippen molar-refractivity contribution in [2.45, 2.75) is 65.6 Å². The molecule has 278 valence electrons. The number of aryl methyl sites for hydroxylation is 1. The zero-order valence-electron chi connectivity index (χ0n) is 33.0. The standard InChI is InChI=1S/C31H26N2.C16H16N2.2C2H6/c1-32-28-13-7-5-11-24(28)26-19-21(15-17-29(26)32)22-16-18-31-27(20-22)25-12-6-8-14-30(25)33(31)23-9-3-2-4-10-23;1-3-7-13(8-4-1)15-11-12-17-16(18-15)14-9-5-2-6-10-14;2*1-2/h2-7,9-13,16,18-20H,8,14-15,17H2,1H3;1-12,15-18H;2*1-2H3. The lowest BCUT2D eigenvalue weighted by Crippen LogP contribution is -2.37. The summed E-state index contributed by atoms with van der Waals surface area (Å²) < 4.78 is 4.85. The molecule has 2 atom stereocenters. The van der Waals surface area contributed by atoms with Crippen molar-refractivity contribution in [3.63, 3.8) is 0 Å². The normalized spacial score (nSPS) is 16.6. The third-order valence-corrected chi connectivity index (χ3v) is 10.7. The molecular weight excluding hydrogens is 669 g/mol. The highest BCUT2D eigenvalue weighted by atomic mass is 15.1. The highest BCUT2D eigenvalue weighted by molar-refractivity contribution is 6.00. The number of hydrogen-bond acceptors (Lipinski definition) is 2. The Labute approximate surface area is 327 Å². The fourth-order valence-corrected chi connectivity index (χ4v) is 8.20. The van der Waals surface area contributed by atoms with Gasteiger partial charge in [0.25, 0.3) is 0 Å². The van der Waals surface area contributed by atoms with E-state index in [9.17, 15) is 0 Å². The monoisotopic (exact) mass is 722 g/mol. The Bertz CT molecular complexity index is 2430. The first-order chi connectivity index (χ1) is 27.2. The van der Waals surface area contributed by atoms with Crippen LogP contribution in [0.3, 0.4) is 0 Å². The van der Waals surface area contributed by atoms with Gasteiger partial charge in [0.1, 0.15) is 6.17 Å². The van der Waals surface area contributed by atoms with E-state index in [0.717, 1.165) is 25.7 Å². The molecule has 1 aliphatic heterocycles. The maximum absolute atomic E-state index is 3.59. The fraction of sp³-hybridized carbons (Fsp3) is 0.216. The van der Waals surface area contributed by atoms with Gasteiger partial charge in [0.2, 0.25) is 0 Å². The molecule has 0 amide bonds. The molecule has 0 fully saturated rings. The number of fused-ring (bicyclic) bond motifs is 6. The smallest absolute Gasteiger partial charge is 0.103 e. The molecule has 2 N–H and O–H groups in total. The van der Waals surface area contributed by atoms with Crippen molar-refractivity contribution in [3.05, 3.63) is 191 Å². The first kappa shape index (κ1) is 37.5. The Morgan fingerprint density at radius 1 is 0.600 bits per heavy atom. The summed E-state index contributed by atoms with van der Waals surface area (Å²) in [5.41, 5.74) is 14.9. The molecule has 55 heavy (non-hydrogen) atoms. The van der Waals surface area contributed by atoms with Gasteiger partial charge in [0.05, 0.1) is 11.6 Å². The van der Waals surface area contributed by atoms with Crippen LogP contribution in [0.5, 0.6) is 0 Å². The first-order valence-electron chi connectivity index (χ1n) is 20.2. The molecule has 0 saturated carbocycles. The zero-order valence-corrected chi connectivity index (χ0v) is 33.0. The Kier molecular flexibility index (Phi) is 11.9. The molecule has 0 bridgehead atoms. The minimum atomic E-state index is 0.168. The van der Waals surface area contributed by atoms with Gasteiger partial charge >= 0.3 is 0 Å². The number of nitrogens with zero attached hydrogens (tertiary/aromatic N) is 2. The van der Waals surface area contributed by atoms with E-state index in [1.54, 1.807) is 0 Å². The summed E-state index contributed by atoms with van der Waals surface area (Å²) in [5.74, 6) is 0. The van der Waals surface area contributed by atoms with Crippen LogP contribution in [0, 0.1) is 0 Å². The number of hydrogen-bond donors (Lipinski definition) is 2. The van der Waals surface area contributed by atoms with Crippen LogP contribution in [0.15, 0.2) is 152 Å². The SMILES string of the molecule is C1=CC(c2ccccc2)NC(c2ccccc2)N1.CC.CC.Cn1c2c(c3ccccc31)C=C(c1ccc3c(c1)c1c(n3-c3ccccc3)CCC=C1)CC2. The molecule has 0 radical (unpaired) electrons. The molecule has 3 heterocycles. The maximum atomic E-state index is 3.59. The second-order valence-corrected chi connectivity index (χ2v) is 13.7. The minimum absolute atomic E-state index is 0.168. The predicted octanol–water partition coefficient (Wildman–Crippen LogP) is 12.8. The highest BCUT2D eigenvalue weighted by Gasteiger charge is 2.22. The average molecular weight is 723 g/mol. The number of para-hydroxylation sites is 2. The third kappa shape index (κ3) is 7.61. The van der Waals surface area contributed by atoms with E-state index in [-0.39, 0.29) is 12.2 Å². The maximum Gasteiger partial charge on any atom is 0.103 e. The number of nitrogens with one attached hydrogen (secondary N) is 2. The lowest BCUT2D eigenvalue weighted by atomic mass is 9.90. The van der Waals surface area contributed by atoms with Crippen LogP contribution in [-0.4, -0.2) is 9.13 Å². The molecule has 2 unspecified atom stereocenters. The van der Waals surface area contributed by atoms with E-state index in [1.165, 1.54) is 72.3 Å². The van der Waals surface area contributed by atoms with Gasteiger partial charge in [0.15, 0.2) is 0 Å². The van der Waals surface area contributed by atoms with Gasteiger partial charge in [0, 0.05) is 51.5 Å². The van der Waals surface area contributed by atoms with Crippen LogP contribution in [0.2, 0.25) is 0 Å². The van der Waals surface area contributed by atoms with Crippen LogP contribution in [0.25, 0.3) is 45.2 Å². The molecular formula is C51H54N4. The molecule has 4 heteroatoms. The van der Waals surface area contributed by atoms with E-state index < -0.39 is 0 Å². The average Bonchev–Trinajstić information content (AvgIpc) is 3.77. The lowest BCUT2D eigenvalue weighted by molar-refractivity contribution is 0.433. The van der Waals surface area contributed by atoms with Gasteiger partial charge in [-0.25, -0.2) is 0 Å². The Morgan fingerprint density at radius 3 is 2.02 bits per heavy atom. The van der Waals surface area contributed by atoms with Crippen molar-refractivity contribution < 1.29 is 0 Å². The number of benzene rings is 5. The van der Waals surface area contributed by atoms with Crippen LogP contribution < -0.4 is 10.6 Å². The minimum Gasteiger partial charge on any atom is -0.372 e. The van der Waals surface area contributed by atoms with Gasteiger partial charge < -0.3 is 14.5 Å². The molecule has 7 aromatic rings. The van der Waals surface area contributed by atoms with Crippen molar-refractivity contribution >= 4 is 39.5 Å². The van der Waals surface area contributed by atoms with Gasteiger partial charge in [-0.15, -0.1) is 0 Å². The molecule has 10 rings (SSSR count). The van der Waals surface area contributed by atoms with Crippen molar-refractivity contribution in [2.24, 2.45) is 7.05 Å². The van der Waals surface area contributed by atoms with Gasteiger partial charge in [-0.3, -0.25) is 5.32 Å². The van der Waals surface area contributed by atoms with Crippen LogP contribution in [0.1, 0.15) is 91.9 Å². The summed E-state index contributed by atoms with van der Waals surface area (Å²) in [6.07, 6.45) is 15.8. The number of rotatable bonds is 4. The van der Waals surface area contributed by atoms with Crippen LogP contribution in [0.4, 0.5) is 0 Å². The largest absolute Gasteiger partial charge is 0.372 e. The van der Waals surface area contributed by atoms with Crippen molar-refractivity contribution in [3.8, 4) is 5.69 Å². The molecule has 5 aromatic carbocycles. The van der Waals surface area contributed by atoms with E-state index in [1.807, 2.05) is 46.0 Å². The Morgan fingerprint density at radius 2 is 1.27 bits per heavy atom. The first-order valence-corrected chi connectivity index (χ1v) is 20.2. The predicted molar refractivity (Wildman–Crippen MR) is 236 cm³/mol. The fourth-order valence-electron chi connectivity index (χ4n) is 8.20. The summed E-state index contributed by atoms with van der Waals surface area (Å²) in [6, 6.07) is 47.9. The topological polar surface area (TPSA) is 33.9 Å². The zero-order chi connectivity index (χ0) is 38.1. The molecule has 0 spiro atoms. The van der Waals surface area contributed by atoms with Crippen molar-refractivity contribution in [1.82, 2.24) is 19.8 Å². The summed E-state index contributed by atoms with van der Waals surface area (Å²) in [6.45, 7) is 8.00. The van der Waals surface area contributed by atoms with Crippen LogP contribution >= 0.6 is 0 Å². The molecule has 2 aromatic heterocycles. The second kappa shape index (κ2) is 17.5. The lowest BCUT2D eigenvalue weighted by Gasteiger charge is -2.29. The third-order valence-electron chi connectivity index (χ3n) is 10.7. The number of allylic oxidation sites excluding steroid dienone is 2. The molecule has 0 saturated heterocycles. The molecule has 3 aliphatic rings. The Balaban J connectivity index is 0.000000179.